The minimum absolute atomic E-state index is 0.290. The number of carbonyl (C=O) groups is 2. The Kier molecular flexibility index (Phi) is 3.11. The second-order valence-electron chi connectivity index (χ2n) is 3.69. The molecule has 3 N–H and O–H groups in total. The molecular weight excluding hydrogens is 256 g/mol. The van der Waals surface area contributed by atoms with E-state index >= 15 is 0 Å². The number of nitrogens with two attached hydrogens (primary N) is 1. The Labute approximate surface area is 105 Å². The Bertz CT molecular complexity index is 688. The first-order chi connectivity index (χ1) is 8.49. The van der Waals surface area contributed by atoms with Gasteiger partial charge in [-0.05, 0) is 17.9 Å². The van der Waals surface area contributed by atoms with Gasteiger partial charge in [-0.2, -0.15) is 0 Å². The van der Waals surface area contributed by atoms with Gasteiger partial charge in [0, 0.05) is 0 Å². The molecule has 7 nitrogen and oxygen atoms in total. The number of hydrogen-bond donors (Lipinski definition) is 2. The molecular formula is C10H10N4O3S. The number of urea groups is 1. The summed E-state index contributed by atoms with van der Waals surface area (Å²) in [5.41, 5.74) is 6.05. The van der Waals surface area contributed by atoms with Crippen LogP contribution in [0.5, 0.6) is 0 Å². The Morgan fingerprint density at radius 1 is 1.56 bits per heavy atom. The average molecular weight is 266 g/mol. The third-order valence-corrected chi connectivity index (χ3v) is 3.38. The standard InChI is InChI=1S/C10H10N4O3S/c1-5-3-18-8-7(5)12-4-14(9(8)16)2-6(15)13-10(11)17/h3-4H,2H2,1H3,(H3,11,13,15,17). The van der Waals surface area contributed by atoms with E-state index in [1.807, 2.05) is 17.6 Å². The lowest BCUT2D eigenvalue weighted by Crippen LogP contribution is -2.39. The van der Waals surface area contributed by atoms with Crippen LogP contribution in [0.15, 0.2) is 16.5 Å². The molecule has 2 rings (SSSR count). The van der Waals surface area contributed by atoms with Crippen molar-refractivity contribution in [1.82, 2.24) is 14.9 Å². The normalized spacial score (nSPS) is 10.5. The number of hydrogen-bond acceptors (Lipinski definition) is 5. The molecule has 0 aliphatic carbocycles. The summed E-state index contributed by atoms with van der Waals surface area (Å²) in [5, 5.41) is 3.71. The molecule has 0 atom stereocenters. The van der Waals surface area contributed by atoms with Gasteiger partial charge in [0.1, 0.15) is 11.2 Å². The van der Waals surface area contributed by atoms with Crippen LogP contribution in [0, 0.1) is 6.92 Å². The first kappa shape index (κ1) is 12.2. The second-order valence-corrected chi connectivity index (χ2v) is 4.57. The third kappa shape index (κ3) is 2.23. The van der Waals surface area contributed by atoms with Crippen molar-refractivity contribution in [3.63, 3.8) is 0 Å². The summed E-state index contributed by atoms with van der Waals surface area (Å²) in [4.78, 5) is 37.9. The molecule has 18 heavy (non-hydrogen) atoms. The first-order valence-electron chi connectivity index (χ1n) is 5.01. The van der Waals surface area contributed by atoms with Crippen LogP contribution >= 0.6 is 11.3 Å². The molecule has 2 heterocycles. The quantitative estimate of drug-likeness (QED) is 0.795. The third-order valence-electron chi connectivity index (χ3n) is 2.30. The van der Waals surface area contributed by atoms with Crippen molar-refractivity contribution in [2.24, 2.45) is 5.73 Å². The highest BCUT2D eigenvalue weighted by molar-refractivity contribution is 7.17. The molecule has 2 aromatic rings. The topological polar surface area (TPSA) is 107 Å². The Balaban J connectivity index is 2.35. The molecule has 2 aromatic heterocycles. The van der Waals surface area contributed by atoms with Gasteiger partial charge in [-0.3, -0.25) is 19.5 Å². The van der Waals surface area contributed by atoms with Gasteiger partial charge in [-0.1, -0.05) is 0 Å². The fourth-order valence-corrected chi connectivity index (χ4v) is 2.45. The number of rotatable bonds is 2. The fourth-order valence-electron chi connectivity index (χ4n) is 1.50. The van der Waals surface area contributed by atoms with E-state index < -0.39 is 11.9 Å². The number of aryl methyl sites for hydroxylation is 1. The molecule has 0 aliphatic rings. The van der Waals surface area contributed by atoms with Crippen molar-refractivity contribution in [2.45, 2.75) is 13.5 Å². The molecule has 0 fully saturated rings. The van der Waals surface area contributed by atoms with Crippen LogP contribution in [0.1, 0.15) is 5.56 Å². The molecule has 0 aliphatic heterocycles. The monoisotopic (exact) mass is 266 g/mol. The smallest absolute Gasteiger partial charge is 0.318 e. The maximum Gasteiger partial charge on any atom is 0.318 e. The number of imide groups is 1. The van der Waals surface area contributed by atoms with Gasteiger partial charge in [0.15, 0.2) is 0 Å². The predicted molar refractivity (Wildman–Crippen MR) is 66.3 cm³/mol. The van der Waals surface area contributed by atoms with Crippen LogP contribution in [-0.4, -0.2) is 21.5 Å². The zero-order valence-electron chi connectivity index (χ0n) is 9.47. The fraction of sp³-hybridized carbons (Fsp3) is 0.200. The lowest BCUT2D eigenvalue weighted by Gasteiger charge is -2.04. The first-order valence-corrected chi connectivity index (χ1v) is 5.89. The highest BCUT2D eigenvalue weighted by Crippen LogP contribution is 2.19. The van der Waals surface area contributed by atoms with Crippen molar-refractivity contribution in [1.29, 1.82) is 0 Å². The van der Waals surface area contributed by atoms with Crippen molar-refractivity contribution >= 4 is 33.5 Å². The zero-order valence-corrected chi connectivity index (χ0v) is 10.3. The summed E-state index contributed by atoms with van der Waals surface area (Å²) in [6.07, 6.45) is 1.28. The van der Waals surface area contributed by atoms with Crippen LogP contribution in [0.3, 0.4) is 0 Å². The molecule has 0 spiro atoms. The van der Waals surface area contributed by atoms with E-state index in [9.17, 15) is 14.4 Å². The second kappa shape index (κ2) is 4.57. The summed E-state index contributed by atoms with van der Waals surface area (Å²) in [7, 11) is 0. The molecule has 0 bridgehead atoms. The summed E-state index contributed by atoms with van der Waals surface area (Å²) in [6, 6.07) is -0.950. The number of amides is 3. The Morgan fingerprint density at radius 2 is 2.28 bits per heavy atom. The lowest BCUT2D eigenvalue weighted by molar-refractivity contribution is -0.120. The Hall–Kier alpha value is -2.22. The summed E-state index contributed by atoms with van der Waals surface area (Å²) < 4.78 is 1.62. The molecule has 0 saturated carbocycles. The van der Waals surface area contributed by atoms with Crippen LogP contribution in [0.2, 0.25) is 0 Å². The molecule has 8 heteroatoms. The van der Waals surface area contributed by atoms with Gasteiger partial charge in [-0.25, -0.2) is 9.78 Å². The van der Waals surface area contributed by atoms with E-state index in [-0.39, 0.29) is 12.1 Å². The van der Waals surface area contributed by atoms with Crippen LogP contribution < -0.4 is 16.6 Å². The highest BCUT2D eigenvalue weighted by atomic mass is 32.1. The number of nitrogens with one attached hydrogen (secondary N) is 1. The van der Waals surface area contributed by atoms with Crippen molar-refractivity contribution in [3.8, 4) is 0 Å². The minimum atomic E-state index is -0.950. The SMILES string of the molecule is Cc1csc2c(=O)n(CC(=O)NC(N)=O)cnc12. The zero-order chi connectivity index (χ0) is 13.3. The molecule has 0 unspecified atom stereocenters. The largest absolute Gasteiger partial charge is 0.351 e. The van der Waals surface area contributed by atoms with Crippen LogP contribution in [0.25, 0.3) is 10.2 Å². The van der Waals surface area contributed by atoms with Gasteiger partial charge < -0.3 is 5.73 Å². The minimum Gasteiger partial charge on any atom is -0.351 e. The number of primary amides is 1. The maximum atomic E-state index is 12.0. The van der Waals surface area contributed by atoms with Gasteiger partial charge in [0.05, 0.1) is 11.8 Å². The van der Waals surface area contributed by atoms with Crippen molar-refractivity contribution < 1.29 is 9.59 Å². The molecule has 0 aromatic carbocycles. The van der Waals surface area contributed by atoms with Gasteiger partial charge in [0.2, 0.25) is 5.91 Å². The van der Waals surface area contributed by atoms with Crippen molar-refractivity contribution in [2.75, 3.05) is 0 Å². The van der Waals surface area contributed by atoms with E-state index in [0.29, 0.717) is 10.2 Å². The molecule has 3 amide bonds. The summed E-state index contributed by atoms with van der Waals surface area (Å²) >= 11 is 1.28. The number of fused-ring (bicyclic) bond motifs is 1. The summed E-state index contributed by atoms with van der Waals surface area (Å²) in [6.45, 7) is 1.57. The van der Waals surface area contributed by atoms with Crippen molar-refractivity contribution in [3.05, 3.63) is 27.6 Å². The molecule has 0 radical (unpaired) electrons. The van der Waals surface area contributed by atoms with E-state index in [0.717, 1.165) is 10.1 Å². The predicted octanol–water partition coefficient (Wildman–Crippen LogP) is -0.0387. The van der Waals surface area contributed by atoms with E-state index in [1.54, 1.807) is 0 Å². The van der Waals surface area contributed by atoms with Gasteiger partial charge in [-0.15, -0.1) is 11.3 Å². The Morgan fingerprint density at radius 3 is 2.94 bits per heavy atom. The van der Waals surface area contributed by atoms with E-state index in [4.69, 9.17) is 5.73 Å². The van der Waals surface area contributed by atoms with Crippen LogP contribution in [0.4, 0.5) is 4.79 Å². The summed E-state index contributed by atoms with van der Waals surface area (Å²) in [5.74, 6) is -0.654. The lowest BCUT2D eigenvalue weighted by atomic mass is 10.3. The number of thiophene rings is 1. The maximum absolute atomic E-state index is 12.0. The molecule has 0 saturated heterocycles. The van der Waals surface area contributed by atoms with Gasteiger partial charge in [0.25, 0.3) is 5.56 Å². The van der Waals surface area contributed by atoms with E-state index in [1.165, 1.54) is 17.7 Å². The number of aromatic nitrogens is 2. The number of carbonyl (C=O) groups excluding carboxylic acids is 2. The van der Waals surface area contributed by atoms with E-state index in [2.05, 4.69) is 4.98 Å². The highest BCUT2D eigenvalue weighted by Gasteiger charge is 2.11. The number of nitrogens with zero attached hydrogens (tertiary/aromatic N) is 2. The molecule has 94 valence electrons. The van der Waals surface area contributed by atoms with Gasteiger partial charge >= 0.3 is 6.03 Å². The van der Waals surface area contributed by atoms with Crippen LogP contribution in [-0.2, 0) is 11.3 Å². The average Bonchev–Trinajstić information content (AvgIpc) is 2.64.